The van der Waals surface area contributed by atoms with Crippen LogP contribution in [0.1, 0.15) is 23.6 Å². The number of benzene rings is 4. The molecule has 0 spiro atoms. The highest BCUT2D eigenvalue weighted by atomic mass is 35.5. The first-order chi connectivity index (χ1) is 22.7. The highest BCUT2D eigenvalue weighted by molar-refractivity contribution is 7.80. The standard InChI is InChI=1S/C15H10Cl2N4S.C15H12Cl2N4S.C2H6O/c16-12-7-3-1-5-10(12)9-18-21-14(19-20-15(21)22)11-6-2-4-8-13(11)17;16-13-7-3-1-5-11(13)9-18-20-15(22)21-19-10-12-6-2-4-8-14(12)17;1-2-3/h1-9H,(H,20,22);1-10H,(H2,20,21,22);3H,2H2,1H3/b18-9+;18-9+,19-10+;. The lowest BCUT2D eigenvalue weighted by atomic mass is 10.2. The number of hydrogen-bond donors (Lipinski definition) is 4. The molecule has 0 aliphatic carbocycles. The molecule has 5 rings (SSSR count). The minimum Gasteiger partial charge on any atom is -0.397 e. The van der Waals surface area contributed by atoms with Crippen LogP contribution in [0.4, 0.5) is 0 Å². The number of aromatic nitrogens is 3. The molecule has 0 saturated carbocycles. The van der Waals surface area contributed by atoms with Crippen LogP contribution in [0, 0.1) is 4.77 Å². The van der Waals surface area contributed by atoms with E-state index in [4.69, 9.17) is 75.9 Å². The van der Waals surface area contributed by atoms with Gasteiger partial charge in [0.2, 0.25) is 9.88 Å². The van der Waals surface area contributed by atoms with Gasteiger partial charge in [-0.15, -0.1) is 0 Å². The largest absolute Gasteiger partial charge is 0.397 e. The average molecular weight is 747 g/mol. The Morgan fingerprint density at radius 1 is 0.745 bits per heavy atom. The molecule has 0 bridgehead atoms. The average Bonchev–Trinajstić information content (AvgIpc) is 3.43. The summed E-state index contributed by atoms with van der Waals surface area (Å²) in [6.07, 6.45) is 4.79. The van der Waals surface area contributed by atoms with E-state index < -0.39 is 0 Å². The Morgan fingerprint density at radius 2 is 1.15 bits per heavy atom. The zero-order valence-corrected chi connectivity index (χ0v) is 29.3. The molecule has 9 nitrogen and oxygen atoms in total. The van der Waals surface area contributed by atoms with Gasteiger partial charge in [0, 0.05) is 43.9 Å². The summed E-state index contributed by atoms with van der Waals surface area (Å²) >= 11 is 34.6. The Bertz CT molecular complexity index is 1850. The molecule has 0 amide bonds. The van der Waals surface area contributed by atoms with Crippen LogP contribution in [0.2, 0.25) is 20.1 Å². The van der Waals surface area contributed by atoms with Crippen molar-refractivity contribution in [1.29, 1.82) is 0 Å². The number of nitrogens with zero attached hydrogens (tertiary/aromatic N) is 5. The van der Waals surface area contributed by atoms with Crippen LogP contribution in [-0.4, -0.2) is 50.3 Å². The second-order valence-electron chi connectivity index (χ2n) is 8.84. The number of hydrazone groups is 2. The quantitative estimate of drug-likeness (QED) is 0.0754. The summed E-state index contributed by atoms with van der Waals surface area (Å²) in [5.74, 6) is 0.541. The predicted molar refractivity (Wildman–Crippen MR) is 202 cm³/mol. The molecule has 0 fully saturated rings. The SMILES string of the molecule is CCO.S=C(N/N=C/c1ccccc1Cl)N/N=C/c1ccccc1Cl.S=c1[nH]nc(-c2ccccc2Cl)n1/N=C/c1ccccc1Cl. The molecular weight excluding hydrogens is 718 g/mol. The molecule has 15 heteroatoms. The van der Waals surface area contributed by atoms with Gasteiger partial charge in [-0.3, -0.25) is 10.9 Å². The van der Waals surface area contributed by atoms with Crippen molar-refractivity contribution >= 4 is 94.6 Å². The lowest BCUT2D eigenvalue weighted by Gasteiger charge is -2.03. The van der Waals surface area contributed by atoms with Gasteiger partial charge in [0.25, 0.3) is 0 Å². The second kappa shape index (κ2) is 20.3. The van der Waals surface area contributed by atoms with Crippen molar-refractivity contribution in [3.8, 4) is 11.4 Å². The number of H-pyrrole nitrogens is 1. The predicted octanol–water partition coefficient (Wildman–Crippen LogP) is 8.62. The Hall–Kier alpha value is -3.94. The molecule has 0 saturated heterocycles. The normalized spacial score (nSPS) is 10.8. The topological polar surface area (TPSA) is 115 Å². The van der Waals surface area contributed by atoms with Gasteiger partial charge in [0.15, 0.2) is 5.82 Å². The molecule has 1 aromatic heterocycles. The Balaban J connectivity index is 0.000000236. The van der Waals surface area contributed by atoms with Crippen LogP contribution in [0.5, 0.6) is 0 Å². The lowest BCUT2D eigenvalue weighted by molar-refractivity contribution is 0.318. The van der Waals surface area contributed by atoms with Gasteiger partial charge in [0.05, 0.1) is 23.7 Å². The Kier molecular flexibility index (Phi) is 16.2. The summed E-state index contributed by atoms with van der Waals surface area (Å²) in [5, 5.41) is 29.5. The van der Waals surface area contributed by atoms with Crippen LogP contribution in [0.15, 0.2) is 112 Å². The van der Waals surface area contributed by atoms with E-state index in [2.05, 4.69) is 36.4 Å². The van der Waals surface area contributed by atoms with Gasteiger partial charge in [-0.05, 0) is 61.7 Å². The highest BCUT2D eigenvalue weighted by Crippen LogP contribution is 2.26. The van der Waals surface area contributed by atoms with Gasteiger partial charge >= 0.3 is 0 Å². The first kappa shape index (κ1) is 37.5. The van der Waals surface area contributed by atoms with Gasteiger partial charge < -0.3 is 5.11 Å². The van der Waals surface area contributed by atoms with Crippen LogP contribution in [0.3, 0.4) is 0 Å². The maximum atomic E-state index is 7.57. The Morgan fingerprint density at radius 3 is 1.60 bits per heavy atom. The van der Waals surface area contributed by atoms with Gasteiger partial charge in [-0.25, -0.2) is 5.10 Å². The third-order valence-corrected chi connectivity index (χ3v) is 7.34. The van der Waals surface area contributed by atoms with Crippen LogP contribution in [-0.2, 0) is 0 Å². The fourth-order valence-electron chi connectivity index (χ4n) is 3.42. The maximum Gasteiger partial charge on any atom is 0.216 e. The van der Waals surface area contributed by atoms with Gasteiger partial charge in [-0.2, -0.15) is 25.1 Å². The molecule has 4 aromatic carbocycles. The van der Waals surface area contributed by atoms with Gasteiger partial charge in [0.1, 0.15) is 0 Å². The molecular formula is C32H28Cl4N8OS2. The zero-order chi connectivity index (χ0) is 34.0. The molecule has 0 radical (unpaired) electrons. The second-order valence-corrected chi connectivity index (χ2v) is 11.3. The number of thiocarbonyl (C=S) groups is 1. The number of aromatic amines is 1. The van der Waals surface area contributed by atoms with E-state index in [1.807, 2.05) is 72.8 Å². The van der Waals surface area contributed by atoms with Crippen molar-refractivity contribution in [1.82, 2.24) is 25.7 Å². The molecule has 0 aliphatic heterocycles. The van der Waals surface area contributed by atoms with Crippen LogP contribution in [0.25, 0.3) is 11.4 Å². The first-order valence-corrected chi connectivity index (χ1v) is 16.0. The van der Waals surface area contributed by atoms with Crippen molar-refractivity contribution in [2.45, 2.75) is 6.92 Å². The molecule has 47 heavy (non-hydrogen) atoms. The van der Waals surface area contributed by atoms with Crippen molar-refractivity contribution in [3.05, 3.63) is 139 Å². The Labute approximate surface area is 302 Å². The molecule has 1 heterocycles. The van der Waals surface area contributed by atoms with E-state index in [0.717, 1.165) is 22.3 Å². The monoisotopic (exact) mass is 744 g/mol. The fraction of sp³-hybridized carbons (Fsp3) is 0.0625. The van der Waals surface area contributed by atoms with Crippen molar-refractivity contribution in [2.75, 3.05) is 6.61 Å². The van der Waals surface area contributed by atoms with Gasteiger partial charge in [-0.1, -0.05) is 113 Å². The minimum atomic E-state index is 0.250. The minimum absolute atomic E-state index is 0.250. The van der Waals surface area contributed by atoms with Crippen LogP contribution >= 0.6 is 70.8 Å². The lowest BCUT2D eigenvalue weighted by Crippen LogP contribution is -2.28. The molecule has 0 atom stereocenters. The number of hydrogen-bond acceptors (Lipinski definition) is 7. The van der Waals surface area contributed by atoms with E-state index in [9.17, 15) is 0 Å². The first-order valence-electron chi connectivity index (χ1n) is 13.7. The zero-order valence-electron chi connectivity index (χ0n) is 24.7. The number of aliphatic hydroxyl groups is 1. The van der Waals surface area contributed by atoms with E-state index in [1.165, 1.54) is 4.68 Å². The number of halogens is 4. The molecule has 0 unspecified atom stereocenters. The van der Waals surface area contributed by atoms with Crippen LogP contribution < -0.4 is 10.9 Å². The summed E-state index contributed by atoms with van der Waals surface area (Å²) in [6, 6.07) is 29.5. The molecule has 5 aromatic rings. The van der Waals surface area contributed by atoms with E-state index in [0.29, 0.717) is 30.7 Å². The molecule has 4 N–H and O–H groups in total. The number of nitrogens with one attached hydrogen (secondary N) is 3. The summed E-state index contributed by atoms with van der Waals surface area (Å²) in [7, 11) is 0. The summed E-state index contributed by atoms with van der Waals surface area (Å²) in [6.45, 7) is 1.93. The smallest absolute Gasteiger partial charge is 0.216 e. The van der Waals surface area contributed by atoms with Crippen molar-refractivity contribution in [3.63, 3.8) is 0 Å². The summed E-state index contributed by atoms with van der Waals surface area (Å²) < 4.78 is 1.89. The molecule has 0 aliphatic rings. The third kappa shape index (κ3) is 12.3. The summed E-state index contributed by atoms with van der Waals surface area (Å²) in [5.41, 5.74) is 8.40. The maximum absolute atomic E-state index is 7.57. The number of rotatable bonds is 7. The highest BCUT2D eigenvalue weighted by Gasteiger charge is 2.11. The summed E-state index contributed by atoms with van der Waals surface area (Å²) in [4.78, 5) is 0. The number of aliphatic hydroxyl groups excluding tert-OH is 1. The fourth-order valence-corrected chi connectivity index (χ4v) is 4.48. The van der Waals surface area contributed by atoms with E-state index in [-0.39, 0.29) is 11.7 Å². The van der Waals surface area contributed by atoms with E-state index in [1.54, 1.807) is 49.8 Å². The molecule has 242 valence electrons. The third-order valence-electron chi connectivity index (χ3n) is 5.53. The van der Waals surface area contributed by atoms with E-state index >= 15 is 0 Å². The van der Waals surface area contributed by atoms with Crippen molar-refractivity contribution < 1.29 is 5.11 Å². The van der Waals surface area contributed by atoms with Crippen molar-refractivity contribution in [2.24, 2.45) is 15.3 Å².